The predicted molar refractivity (Wildman–Crippen MR) is 65.5 cm³/mol. The molecule has 2 aliphatic rings. The molecule has 0 spiro atoms. The molecule has 0 saturated carbocycles. The normalized spacial score (nSPS) is 35.5. The van der Waals surface area contributed by atoms with Gasteiger partial charge >= 0.3 is 7.82 Å². The highest BCUT2D eigenvalue weighted by molar-refractivity contribution is 7.49. The quantitative estimate of drug-likeness (QED) is 0.591. The number of hydrogen-bond donors (Lipinski definition) is 0. The van der Waals surface area contributed by atoms with E-state index in [1.165, 1.54) is 0 Å². The fourth-order valence-corrected chi connectivity index (χ4v) is 2.95. The molecule has 4 unspecified atom stereocenters. The smallest absolute Gasteiger partial charge is 0.404 e. The lowest BCUT2D eigenvalue weighted by Gasteiger charge is -2.16. The first-order valence-corrected chi connectivity index (χ1v) is 7.54. The summed E-state index contributed by atoms with van der Waals surface area (Å²) in [6, 6.07) is 8.72. The summed E-state index contributed by atoms with van der Waals surface area (Å²) in [6.07, 6.45) is -1.31. The minimum absolute atomic E-state index is 0.103. The average molecular weight is 286 g/mol. The van der Waals surface area contributed by atoms with Crippen molar-refractivity contribution in [3.05, 3.63) is 30.3 Å². The Morgan fingerprint density at radius 3 is 1.89 bits per heavy atom. The van der Waals surface area contributed by atoms with Crippen LogP contribution in [0.25, 0.3) is 0 Å². The number of rotatable bonds is 6. The Labute approximate surface area is 111 Å². The summed E-state index contributed by atoms with van der Waals surface area (Å²) in [6.45, 7) is 3.63. The topological polar surface area (TPSA) is 69.8 Å². The van der Waals surface area contributed by atoms with Crippen molar-refractivity contribution in [2.24, 2.45) is 0 Å². The molecule has 2 aliphatic heterocycles. The van der Waals surface area contributed by atoms with Gasteiger partial charge in [0.2, 0.25) is 0 Å². The van der Waals surface area contributed by atoms with Crippen molar-refractivity contribution in [2.75, 3.05) is 0 Å². The second-order valence-corrected chi connectivity index (χ2v) is 5.98. The van der Waals surface area contributed by atoms with Crippen molar-refractivity contribution < 1.29 is 27.6 Å². The Bertz CT molecular complexity index is 470. The number of benzene rings is 1. The third-order valence-electron chi connectivity index (χ3n) is 2.74. The van der Waals surface area contributed by atoms with Crippen LogP contribution in [0.2, 0.25) is 0 Å². The molecule has 4 atom stereocenters. The van der Waals surface area contributed by atoms with Gasteiger partial charge in [0.25, 0.3) is 0 Å². The van der Waals surface area contributed by atoms with E-state index in [0.717, 1.165) is 0 Å². The number of phosphoric ester groups is 1. The van der Waals surface area contributed by atoms with E-state index < -0.39 is 20.4 Å². The minimum Gasteiger partial charge on any atom is -0.404 e. The highest BCUT2D eigenvalue weighted by atomic mass is 31.2. The fraction of sp³-hybridized carbons (Fsp3) is 0.500. The summed E-state index contributed by atoms with van der Waals surface area (Å²) >= 11 is 0. The van der Waals surface area contributed by atoms with Gasteiger partial charge in [-0.25, -0.2) is 13.6 Å². The standard InChI is InChI=1S/C12H15O6P/c1-8-11(14-8)17-19(13,18-12-9(2)15-12)16-10-6-4-3-5-7-10/h3-9,11-12H,1-2H3. The molecule has 6 nitrogen and oxygen atoms in total. The number of phosphoric acid groups is 1. The molecule has 2 heterocycles. The molecular formula is C12H15O6P. The van der Waals surface area contributed by atoms with Crippen LogP contribution >= 0.6 is 7.82 Å². The average Bonchev–Trinajstić information content (AvgIpc) is 3.22. The first kappa shape index (κ1) is 13.1. The van der Waals surface area contributed by atoms with Crippen LogP contribution in [0.4, 0.5) is 0 Å². The number of epoxide rings is 2. The van der Waals surface area contributed by atoms with Gasteiger partial charge in [0.15, 0.2) is 12.6 Å². The Morgan fingerprint density at radius 1 is 1.00 bits per heavy atom. The summed E-state index contributed by atoms with van der Waals surface area (Å²) in [5.41, 5.74) is 0. The molecule has 0 N–H and O–H groups in total. The highest BCUT2D eigenvalue weighted by Gasteiger charge is 2.50. The minimum atomic E-state index is -3.75. The molecule has 104 valence electrons. The van der Waals surface area contributed by atoms with Crippen LogP contribution in [0.1, 0.15) is 13.8 Å². The maximum atomic E-state index is 12.5. The van der Waals surface area contributed by atoms with Gasteiger partial charge in [0.05, 0.1) is 0 Å². The Morgan fingerprint density at radius 2 is 1.47 bits per heavy atom. The Balaban J connectivity index is 1.69. The van der Waals surface area contributed by atoms with E-state index >= 15 is 0 Å². The number of para-hydroxylation sites is 1. The summed E-state index contributed by atoms with van der Waals surface area (Å²) < 4.78 is 38.6. The monoisotopic (exact) mass is 286 g/mol. The maximum absolute atomic E-state index is 12.5. The molecule has 0 radical (unpaired) electrons. The highest BCUT2D eigenvalue weighted by Crippen LogP contribution is 2.56. The van der Waals surface area contributed by atoms with Crippen molar-refractivity contribution in [3.8, 4) is 5.75 Å². The molecule has 0 aliphatic carbocycles. The van der Waals surface area contributed by atoms with Gasteiger partial charge in [-0.15, -0.1) is 0 Å². The first-order valence-electron chi connectivity index (χ1n) is 6.08. The van der Waals surface area contributed by atoms with E-state index in [4.69, 9.17) is 23.0 Å². The molecule has 0 aromatic heterocycles. The molecule has 2 saturated heterocycles. The second kappa shape index (κ2) is 4.89. The van der Waals surface area contributed by atoms with E-state index in [0.29, 0.717) is 5.75 Å². The van der Waals surface area contributed by atoms with Crippen molar-refractivity contribution in [1.29, 1.82) is 0 Å². The van der Waals surface area contributed by atoms with Gasteiger partial charge in [-0.3, -0.25) is 0 Å². The van der Waals surface area contributed by atoms with Crippen LogP contribution in [0.15, 0.2) is 30.3 Å². The third-order valence-corrected chi connectivity index (χ3v) is 4.10. The molecule has 0 bridgehead atoms. The molecule has 1 aromatic rings. The van der Waals surface area contributed by atoms with Gasteiger partial charge in [-0.2, -0.15) is 0 Å². The van der Waals surface area contributed by atoms with Gasteiger partial charge < -0.3 is 14.0 Å². The van der Waals surface area contributed by atoms with Gasteiger partial charge in [0, 0.05) is 0 Å². The van der Waals surface area contributed by atoms with E-state index in [1.807, 2.05) is 19.9 Å². The summed E-state index contributed by atoms with van der Waals surface area (Å²) in [4.78, 5) is 0. The van der Waals surface area contributed by atoms with Crippen LogP contribution in [0.3, 0.4) is 0 Å². The third kappa shape index (κ3) is 3.35. The van der Waals surface area contributed by atoms with Crippen LogP contribution in [-0.4, -0.2) is 24.8 Å². The van der Waals surface area contributed by atoms with E-state index in [2.05, 4.69) is 0 Å². The Kier molecular flexibility index (Phi) is 3.37. The van der Waals surface area contributed by atoms with Crippen LogP contribution in [-0.2, 0) is 23.1 Å². The van der Waals surface area contributed by atoms with Gasteiger partial charge in [-0.05, 0) is 26.0 Å². The number of hydrogen-bond acceptors (Lipinski definition) is 6. The predicted octanol–water partition coefficient (Wildman–Crippen LogP) is 2.70. The van der Waals surface area contributed by atoms with Crippen molar-refractivity contribution >= 4 is 7.82 Å². The molecule has 7 heteroatoms. The zero-order valence-electron chi connectivity index (χ0n) is 10.6. The first-order chi connectivity index (χ1) is 9.06. The van der Waals surface area contributed by atoms with Crippen molar-refractivity contribution in [3.63, 3.8) is 0 Å². The van der Waals surface area contributed by atoms with E-state index in [-0.39, 0.29) is 12.2 Å². The lowest BCUT2D eigenvalue weighted by molar-refractivity contribution is 0.0732. The van der Waals surface area contributed by atoms with E-state index in [1.54, 1.807) is 24.3 Å². The van der Waals surface area contributed by atoms with Crippen LogP contribution in [0, 0.1) is 0 Å². The lowest BCUT2D eigenvalue weighted by atomic mass is 10.3. The fourth-order valence-electron chi connectivity index (χ4n) is 1.49. The Hall–Kier alpha value is -0.910. The van der Waals surface area contributed by atoms with E-state index in [9.17, 15) is 4.57 Å². The second-order valence-electron chi connectivity index (χ2n) is 4.48. The molecule has 0 amide bonds. The lowest BCUT2D eigenvalue weighted by Crippen LogP contribution is -2.08. The molecular weight excluding hydrogens is 271 g/mol. The van der Waals surface area contributed by atoms with Crippen LogP contribution < -0.4 is 4.52 Å². The summed E-state index contributed by atoms with van der Waals surface area (Å²) in [5.74, 6) is 0.410. The molecule has 1 aromatic carbocycles. The summed E-state index contributed by atoms with van der Waals surface area (Å²) in [7, 11) is -3.75. The summed E-state index contributed by atoms with van der Waals surface area (Å²) in [5, 5.41) is 0. The molecule has 3 rings (SSSR count). The zero-order chi connectivity index (χ0) is 13.5. The number of ether oxygens (including phenoxy) is 2. The van der Waals surface area contributed by atoms with Crippen molar-refractivity contribution in [1.82, 2.24) is 0 Å². The van der Waals surface area contributed by atoms with Crippen molar-refractivity contribution in [2.45, 2.75) is 38.6 Å². The SMILES string of the molecule is CC1OC1OP(=O)(Oc1ccccc1)OC1OC1C. The molecule has 19 heavy (non-hydrogen) atoms. The molecule has 2 fully saturated rings. The van der Waals surface area contributed by atoms with Gasteiger partial charge in [-0.1, -0.05) is 18.2 Å². The largest absolute Gasteiger partial charge is 0.534 e. The zero-order valence-corrected chi connectivity index (χ0v) is 11.5. The van der Waals surface area contributed by atoms with Gasteiger partial charge in [0.1, 0.15) is 18.0 Å². The van der Waals surface area contributed by atoms with Crippen LogP contribution in [0.5, 0.6) is 5.75 Å². The maximum Gasteiger partial charge on any atom is 0.534 e.